The van der Waals surface area contributed by atoms with Gasteiger partial charge in [0.1, 0.15) is 11.9 Å². The fourth-order valence-corrected chi connectivity index (χ4v) is 3.01. The van der Waals surface area contributed by atoms with Crippen LogP contribution in [-0.2, 0) is 6.42 Å². The topological polar surface area (TPSA) is 45.5 Å². The van der Waals surface area contributed by atoms with Gasteiger partial charge in [-0.25, -0.2) is 9.07 Å². The largest absolute Gasteiger partial charge is 0.351 e. The molecule has 0 unspecified atom stereocenters. The smallest absolute Gasteiger partial charge is 0.123 e. The van der Waals surface area contributed by atoms with Crippen molar-refractivity contribution in [3.63, 3.8) is 0 Å². The average Bonchev–Trinajstić information content (AvgIpc) is 2.72. The van der Waals surface area contributed by atoms with Gasteiger partial charge in [-0.2, -0.15) is 5.10 Å². The molecule has 0 amide bonds. The van der Waals surface area contributed by atoms with Crippen LogP contribution >= 0.6 is 0 Å². The molecule has 0 saturated carbocycles. The first-order chi connectivity index (χ1) is 8.96. The van der Waals surface area contributed by atoms with Gasteiger partial charge in [-0.05, 0) is 36.1 Å². The number of hydrogen-bond donors (Lipinski definition) is 1. The second kappa shape index (κ2) is 4.17. The number of quaternary nitrogens is 1. The molecule has 0 saturated heterocycles. The molecule has 0 radical (unpaired) electrons. The molecule has 100 valence electrons. The van der Waals surface area contributed by atoms with Crippen LogP contribution in [0.5, 0.6) is 0 Å². The molecule has 4 heteroatoms. The third-order valence-corrected chi connectivity index (χ3v) is 3.86. The third kappa shape index (κ3) is 2.16. The highest BCUT2D eigenvalue weighted by Crippen LogP contribution is 2.39. The van der Waals surface area contributed by atoms with Crippen LogP contribution in [0.15, 0.2) is 30.5 Å². The molecule has 0 aliphatic heterocycles. The summed E-state index contributed by atoms with van der Waals surface area (Å²) in [5.74, 6) is -0.222. The van der Waals surface area contributed by atoms with Crippen molar-refractivity contribution in [3.8, 4) is 5.69 Å². The molecule has 0 fully saturated rings. The van der Waals surface area contributed by atoms with Gasteiger partial charge in [-0.1, -0.05) is 13.8 Å². The number of aromatic nitrogens is 2. The van der Waals surface area contributed by atoms with Gasteiger partial charge in [0.2, 0.25) is 0 Å². The van der Waals surface area contributed by atoms with E-state index in [9.17, 15) is 4.39 Å². The van der Waals surface area contributed by atoms with Gasteiger partial charge in [0.05, 0.1) is 23.1 Å². The van der Waals surface area contributed by atoms with Crippen molar-refractivity contribution >= 4 is 0 Å². The van der Waals surface area contributed by atoms with Gasteiger partial charge in [-0.15, -0.1) is 0 Å². The first-order valence-electron chi connectivity index (χ1n) is 6.62. The van der Waals surface area contributed by atoms with Gasteiger partial charge in [0.25, 0.3) is 0 Å². The van der Waals surface area contributed by atoms with Crippen molar-refractivity contribution in [1.29, 1.82) is 0 Å². The SMILES string of the molecule is CC1(C)Cc2c(cnn2-c2ccc(F)cc2)[C@@H]([NH3+])C1. The van der Waals surface area contributed by atoms with E-state index in [2.05, 4.69) is 24.7 Å². The minimum atomic E-state index is -0.222. The number of benzene rings is 1. The number of nitrogens with zero attached hydrogens (tertiary/aromatic N) is 2. The minimum Gasteiger partial charge on any atom is -0.351 e. The Labute approximate surface area is 112 Å². The predicted octanol–water partition coefficient (Wildman–Crippen LogP) is 2.27. The van der Waals surface area contributed by atoms with Crippen molar-refractivity contribution in [2.75, 3.05) is 0 Å². The molecule has 3 rings (SSSR count). The van der Waals surface area contributed by atoms with Crippen LogP contribution in [0.2, 0.25) is 0 Å². The first kappa shape index (κ1) is 12.4. The van der Waals surface area contributed by atoms with Crippen molar-refractivity contribution in [2.45, 2.75) is 32.7 Å². The van der Waals surface area contributed by atoms with Crippen LogP contribution < -0.4 is 5.73 Å². The van der Waals surface area contributed by atoms with E-state index in [1.54, 1.807) is 12.1 Å². The van der Waals surface area contributed by atoms with Gasteiger partial charge < -0.3 is 5.73 Å². The van der Waals surface area contributed by atoms with E-state index in [1.165, 1.54) is 23.4 Å². The van der Waals surface area contributed by atoms with E-state index in [4.69, 9.17) is 0 Å². The molecule has 2 aromatic rings. The number of fused-ring (bicyclic) bond motifs is 1. The van der Waals surface area contributed by atoms with Crippen molar-refractivity contribution in [2.24, 2.45) is 5.41 Å². The number of halogens is 1. The lowest BCUT2D eigenvalue weighted by Gasteiger charge is -2.32. The first-order valence-corrected chi connectivity index (χ1v) is 6.62. The second-order valence-electron chi connectivity index (χ2n) is 6.18. The maximum absolute atomic E-state index is 13.0. The molecule has 3 N–H and O–H groups in total. The van der Waals surface area contributed by atoms with Crippen molar-refractivity contribution in [1.82, 2.24) is 9.78 Å². The summed E-state index contributed by atoms with van der Waals surface area (Å²) in [6.45, 7) is 4.52. The molecule has 1 aromatic heterocycles. The summed E-state index contributed by atoms with van der Waals surface area (Å²) < 4.78 is 14.9. The van der Waals surface area contributed by atoms with Gasteiger partial charge in [0, 0.05) is 6.42 Å². The molecule has 19 heavy (non-hydrogen) atoms. The quantitative estimate of drug-likeness (QED) is 0.840. The predicted molar refractivity (Wildman–Crippen MR) is 71.3 cm³/mol. The normalized spacial score (nSPS) is 21.2. The second-order valence-corrected chi connectivity index (χ2v) is 6.18. The zero-order valence-corrected chi connectivity index (χ0v) is 11.4. The lowest BCUT2D eigenvalue weighted by molar-refractivity contribution is -0.433. The molecular formula is C15H19FN3+. The molecule has 1 aliphatic carbocycles. The maximum atomic E-state index is 13.0. The lowest BCUT2D eigenvalue weighted by atomic mass is 9.74. The minimum absolute atomic E-state index is 0.222. The number of hydrogen-bond acceptors (Lipinski definition) is 1. The average molecular weight is 260 g/mol. The Balaban J connectivity index is 2.08. The summed E-state index contributed by atoms with van der Waals surface area (Å²) in [5.41, 5.74) is 7.82. The highest BCUT2D eigenvalue weighted by atomic mass is 19.1. The van der Waals surface area contributed by atoms with Crippen LogP contribution in [0.3, 0.4) is 0 Å². The summed E-state index contributed by atoms with van der Waals surface area (Å²) in [5, 5.41) is 4.47. The fourth-order valence-electron chi connectivity index (χ4n) is 3.01. The number of rotatable bonds is 1. The zero-order chi connectivity index (χ0) is 13.6. The highest BCUT2D eigenvalue weighted by Gasteiger charge is 2.35. The van der Waals surface area contributed by atoms with E-state index in [-0.39, 0.29) is 17.3 Å². The Kier molecular flexibility index (Phi) is 2.71. The molecule has 1 aliphatic rings. The van der Waals surface area contributed by atoms with Gasteiger partial charge in [-0.3, -0.25) is 0 Å². The van der Waals surface area contributed by atoms with Crippen LogP contribution in [0.1, 0.15) is 37.6 Å². The fraction of sp³-hybridized carbons (Fsp3) is 0.400. The Hall–Kier alpha value is -1.68. The van der Waals surface area contributed by atoms with E-state index in [0.29, 0.717) is 0 Å². The van der Waals surface area contributed by atoms with Crippen LogP contribution in [0.25, 0.3) is 5.69 Å². The van der Waals surface area contributed by atoms with Crippen LogP contribution in [-0.4, -0.2) is 9.78 Å². The Morgan fingerprint density at radius 2 is 2.00 bits per heavy atom. The summed E-state index contributed by atoms with van der Waals surface area (Å²) in [7, 11) is 0. The molecule has 3 nitrogen and oxygen atoms in total. The monoisotopic (exact) mass is 260 g/mol. The Morgan fingerprint density at radius 1 is 1.32 bits per heavy atom. The highest BCUT2D eigenvalue weighted by molar-refractivity contribution is 5.37. The van der Waals surface area contributed by atoms with E-state index in [0.717, 1.165) is 18.5 Å². The summed E-state index contributed by atoms with van der Waals surface area (Å²) in [6.07, 6.45) is 3.96. The van der Waals surface area contributed by atoms with Crippen molar-refractivity contribution < 1.29 is 10.1 Å². The van der Waals surface area contributed by atoms with Crippen LogP contribution in [0, 0.1) is 11.2 Å². The van der Waals surface area contributed by atoms with Gasteiger partial charge in [0.15, 0.2) is 0 Å². The van der Waals surface area contributed by atoms with Crippen LogP contribution in [0.4, 0.5) is 4.39 Å². The summed E-state index contributed by atoms with van der Waals surface area (Å²) >= 11 is 0. The molecular weight excluding hydrogens is 241 g/mol. The maximum Gasteiger partial charge on any atom is 0.123 e. The summed E-state index contributed by atoms with van der Waals surface area (Å²) in [6, 6.07) is 6.76. The lowest BCUT2D eigenvalue weighted by Crippen LogP contribution is -2.56. The van der Waals surface area contributed by atoms with Gasteiger partial charge >= 0.3 is 0 Å². The van der Waals surface area contributed by atoms with E-state index < -0.39 is 0 Å². The third-order valence-electron chi connectivity index (χ3n) is 3.86. The molecule has 1 atom stereocenters. The van der Waals surface area contributed by atoms with Crippen molar-refractivity contribution in [3.05, 3.63) is 47.5 Å². The standard InChI is InChI=1S/C15H18FN3/c1-15(2)7-13(17)12-9-18-19(14(12)8-15)11-5-3-10(16)4-6-11/h3-6,9,13H,7-8,17H2,1-2H3/p+1/t13-/m0/s1. The van der Waals surface area contributed by atoms with E-state index >= 15 is 0 Å². The zero-order valence-electron chi connectivity index (χ0n) is 11.4. The molecule has 1 aromatic carbocycles. The molecule has 0 spiro atoms. The van der Waals surface area contributed by atoms with E-state index in [1.807, 2.05) is 10.9 Å². The summed E-state index contributed by atoms with van der Waals surface area (Å²) in [4.78, 5) is 0. The molecule has 0 bridgehead atoms. The Morgan fingerprint density at radius 3 is 2.68 bits per heavy atom. The molecule has 1 heterocycles. The Bertz CT molecular complexity index is 598.